The number of hydrogen-bond donors (Lipinski definition) is 1. The minimum absolute atomic E-state index is 0.0354. The van der Waals surface area contributed by atoms with Crippen LogP contribution in [0, 0.1) is 0 Å². The zero-order valence-electron chi connectivity index (χ0n) is 13.6. The number of rotatable bonds is 2. The lowest BCUT2D eigenvalue weighted by Gasteiger charge is -2.20. The predicted molar refractivity (Wildman–Crippen MR) is 91.8 cm³/mol. The highest BCUT2D eigenvalue weighted by molar-refractivity contribution is 6.50. The molecule has 1 fully saturated rings. The Morgan fingerprint density at radius 1 is 1.31 bits per heavy atom. The van der Waals surface area contributed by atoms with Crippen molar-refractivity contribution < 1.29 is 18.0 Å². The lowest BCUT2D eigenvalue weighted by atomic mass is 9.90. The van der Waals surface area contributed by atoms with Crippen molar-refractivity contribution in [2.75, 3.05) is 5.32 Å². The zero-order valence-corrected chi connectivity index (χ0v) is 15.1. The van der Waals surface area contributed by atoms with Gasteiger partial charge in [0.25, 0.3) is 5.91 Å². The van der Waals surface area contributed by atoms with Gasteiger partial charge in [0.1, 0.15) is 4.33 Å². The molecule has 1 amide bonds. The summed E-state index contributed by atoms with van der Waals surface area (Å²) in [5.41, 5.74) is 0.479. The Morgan fingerprint density at radius 2 is 2.00 bits per heavy atom. The van der Waals surface area contributed by atoms with Crippen LogP contribution in [0.25, 0.3) is 0 Å². The number of nitrogens with zero attached hydrogens (tertiary/aromatic N) is 2. The van der Waals surface area contributed by atoms with Gasteiger partial charge in [-0.3, -0.25) is 9.48 Å². The maximum absolute atomic E-state index is 13.1. The predicted octanol–water partition coefficient (Wildman–Crippen LogP) is 4.84. The molecule has 4 nitrogen and oxygen atoms in total. The van der Waals surface area contributed by atoms with Crippen molar-refractivity contribution in [2.24, 2.45) is 7.05 Å². The molecule has 4 rings (SSSR count). The first-order valence-electron chi connectivity index (χ1n) is 8.03. The van der Waals surface area contributed by atoms with Gasteiger partial charge < -0.3 is 5.32 Å². The van der Waals surface area contributed by atoms with Gasteiger partial charge in [0.05, 0.1) is 5.56 Å². The second-order valence-corrected chi connectivity index (χ2v) is 8.13. The fraction of sp³-hybridized carbons (Fsp3) is 0.412. The second-order valence-electron chi connectivity index (χ2n) is 6.68. The summed E-state index contributed by atoms with van der Waals surface area (Å²) in [4.78, 5) is 12.5. The smallest absolute Gasteiger partial charge is 0.322 e. The number of fused-ring (bicyclic) bond motifs is 5. The quantitative estimate of drug-likeness (QED) is 0.729. The highest BCUT2D eigenvalue weighted by atomic mass is 35.5. The summed E-state index contributed by atoms with van der Waals surface area (Å²) >= 11 is 13.0. The number of nitrogens with one attached hydrogen (secondary N) is 1. The van der Waals surface area contributed by atoms with Gasteiger partial charge in [-0.2, -0.15) is 18.3 Å². The second kappa shape index (κ2) is 5.63. The van der Waals surface area contributed by atoms with E-state index in [2.05, 4.69) is 10.4 Å². The van der Waals surface area contributed by atoms with Gasteiger partial charge in [0, 0.05) is 30.8 Å². The van der Waals surface area contributed by atoms with Crippen LogP contribution in [0.4, 0.5) is 18.9 Å². The third kappa shape index (κ3) is 2.52. The maximum atomic E-state index is 13.1. The zero-order chi connectivity index (χ0) is 18.9. The van der Waals surface area contributed by atoms with Gasteiger partial charge in [0.2, 0.25) is 0 Å². The summed E-state index contributed by atoms with van der Waals surface area (Å²) in [6.07, 6.45) is -2.03. The molecule has 2 aromatic rings. The maximum Gasteiger partial charge on any atom is 0.435 e. The van der Waals surface area contributed by atoms with Crippen molar-refractivity contribution in [2.45, 2.75) is 35.2 Å². The molecule has 1 saturated carbocycles. The molecule has 2 aliphatic carbocycles. The lowest BCUT2D eigenvalue weighted by Crippen LogP contribution is -2.19. The molecule has 1 aromatic carbocycles. The largest absolute Gasteiger partial charge is 0.435 e. The fourth-order valence-electron chi connectivity index (χ4n) is 4.10. The van der Waals surface area contributed by atoms with Crippen molar-refractivity contribution in [3.63, 3.8) is 0 Å². The summed E-state index contributed by atoms with van der Waals surface area (Å²) in [5.74, 6) is -1.05. The molecule has 2 unspecified atom stereocenters. The molecular weight excluding hydrogens is 390 g/mol. The first-order chi connectivity index (χ1) is 12.1. The number of benzene rings is 1. The van der Waals surface area contributed by atoms with Gasteiger partial charge in [0.15, 0.2) is 5.69 Å². The van der Waals surface area contributed by atoms with Gasteiger partial charge in [-0.25, -0.2) is 0 Å². The number of aromatic nitrogens is 2. The number of hydrogen-bond acceptors (Lipinski definition) is 2. The normalized spacial score (nSPS) is 23.2. The first kappa shape index (κ1) is 17.7. The van der Waals surface area contributed by atoms with E-state index in [-0.39, 0.29) is 11.8 Å². The van der Waals surface area contributed by atoms with Gasteiger partial charge in [-0.05, 0) is 30.0 Å². The van der Waals surface area contributed by atoms with Crippen LogP contribution < -0.4 is 5.32 Å². The van der Waals surface area contributed by atoms with Crippen LogP contribution in [-0.2, 0) is 13.2 Å². The van der Waals surface area contributed by atoms with Crippen LogP contribution in [0.2, 0.25) is 0 Å². The van der Waals surface area contributed by atoms with Crippen LogP contribution in [-0.4, -0.2) is 20.0 Å². The Labute approximate surface area is 157 Å². The lowest BCUT2D eigenvalue weighted by molar-refractivity contribution is -0.141. The van der Waals surface area contributed by atoms with Crippen molar-refractivity contribution in [1.29, 1.82) is 0 Å². The third-order valence-electron chi connectivity index (χ3n) is 5.13. The van der Waals surface area contributed by atoms with Crippen LogP contribution >= 0.6 is 23.2 Å². The topological polar surface area (TPSA) is 46.9 Å². The van der Waals surface area contributed by atoms with Crippen molar-refractivity contribution in [1.82, 2.24) is 9.78 Å². The Hall–Kier alpha value is -1.73. The fourth-order valence-corrected chi connectivity index (χ4v) is 4.99. The average Bonchev–Trinajstić information content (AvgIpc) is 3.15. The van der Waals surface area contributed by atoms with E-state index in [1.165, 1.54) is 7.05 Å². The molecule has 26 heavy (non-hydrogen) atoms. The molecule has 1 N–H and O–H groups in total. The average molecular weight is 404 g/mol. The molecule has 0 radical (unpaired) electrons. The summed E-state index contributed by atoms with van der Waals surface area (Å²) in [6.45, 7) is 0. The molecule has 1 aromatic heterocycles. The number of carbonyl (C=O) groups excluding carboxylic acids is 1. The number of halogens is 5. The van der Waals surface area contributed by atoms with E-state index in [0.717, 1.165) is 34.8 Å². The standard InChI is InChI=1S/C17H14Cl2F3N3O/c1-25-7-9(14(24-25)17(20,21)22)15(26)23-12-4-2-3-8-10-5-6-11(13(8)12)16(10,18)19/h2-4,7,10-11H,5-6H2,1H3,(H,23,26). The van der Waals surface area contributed by atoms with Crippen LogP contribution in [0.5, 0.6) is 0 Å². The minimum Gasteiger partial charge on any atom is -0.322 e. The highest BCUT2D eigenvalue weighted by Gasteiger charge is 2.56. The van der Waals surface area contributed by atoms with E-state index in [1.807, 2.05) is 6.07 Å². The van der Waals surface area contributed by atoms with Gasteiger partial charge >= 0.3 is 6.18 Å². The van der Waals surface area contributed by atoms with Crippen LogP contribution in [0.1, 0.15) is 51.9 Å². The number of amides is 1. The molecule has 138 valence electrons. The number of anilines is 1. The third-order valence-corrected chi connectivity index (χ3v) is 6.18. The Balaban J connectivity index is 1.71. The number of aryl methyl sites for hydroxylation is 1. The van der Waals surface area contributed by atoms with E-state index in [0.29, 0.717) is 5.69 Å². The van der Waals surface area contributed by atoms with E-state index < -0.39 is 27.7 Å². The Kier molecular flexibility index (Phi) is 3.83. The monoisotopic (exact) mass is 403 g/mol. The summed E-state index contributed by atoms with van der Waals surface area (Å²) in [5, 5.41) is 5.96. The summed E-state index contributed by atoms with van der Waals surface area (Å²) < 4.78 is 39.4. The SMILES string of the molecule is Cn1cc(C(=O)Nc2cccc3c2C2CCC3C2(Cl)Cl)c(C(F)(F)F)n1. The number of carbonyl (C=O) groups is 1. The first-order valence-corrected chi connectivity index (χ1v) is 8.79. The molecule has 2 aliphatic rings. The van der Waals surface area contributed by atoms with E-state index in [9.17, 15) is 18.0 Å². The highest BCUT2D eigenvalue weighted by Crippen LogP contribution is 2.66. The van der Waals surface area contributed by atoms with Crippen LogP contribution in [0.15, 0.2) is 24.4 Å². The minimum atomic E-state index is -4.72. The molecule has 9 heteroatoms. The molecule has 0 saturated heterocycles. The van der Waals surface area contributed by atoms with Gasteiger partial charge in [-0.15, -0.1) is 23.2 Å². The Bertz CT molecular complexity index is 907. The van der Waals surface area contributed by atoms with Crippen molar-refractivity contribution >= 4 is 34.8 Å². The van der Waals surface area contributed by atoms with E-state index in [4.69, 9.17) is 23.2 Å². The molecule has 2 bridgehead atoms. The molecule has 0 spiro atoms. The molecule has 0 aliphatic heterocycles. The van der Waals surface area contributed by atoms with Gasteiger partial charge in [-0.1, -0.05) is 12.1 Å². The number of alkyl halides is 5. The summed E-state index contributed by atoms with van der Waals surface area (Å²) in [6, 6.07) is 5.30. The van der Waals surface area contributed by atoms with E-state index in [1.54, 1.807) is 12.1 Å². The Morgan fingerprint density at radius 3 is 2.69 bits per heavy atom. The molecule has 1 heterocycles. The molecular formula is C17H14Cl2F3N3O. The van der Waals surface area contributed by atoms with Crippen LogP contribution in [0.3, 0.4) is 0 Å². The van der Waals surface area contributed by atoms with Crippen molar-refractivity contribution in [3.8, 4) is 0 Å². The summed E-state index contributed by atoms with van der Waals surface area (Å²) in [7, 11) is 1.33. The van der Waals surface area contributed by atoms with Crippen molar-refractivity contribution in [3.05, 3.63) is 46.8 Å². The van der Waals surface area contributed by atoms with E-state index >= 15 is 0 Å². The molecule has 2 atom stereocenters.